The molecule has 1 fully saturated rings. The molecule has 0 aliphatic carbocycles. The second kappa shape index (κ2) is 4.59. The van der Waals surface area contributed by atoms with Crippen LogP contribution in [0.4, 0.5) is 0 Å². The maximum atomic E-state index is 11.4. The van der Waals surface area contributed by atoms with Gasteiger partial charge in [0, 0.05) is 5.41 Å². The molecule has 1 saturated heterocycles. The number of amides is 2. The molecule has 0 aromatic carbocycles. The second-order valence-electron chi connectivity index (χ2n) is 4.46. The number of hydrogen-bond acceptors (Lipinski definition) is 4. The number of hydrogen-bond donors (Lipinski definition) is 2. The molecule has 0 unspecified atom stereocenters. The van der Waals surface area contributed by atoms with E-state index in [1.807, 2.05) is 0 Å². The molecule has 1 heterocycles. The predicted octanol–water partition coefficient (Wildman–Crippen LogP) is -0.242. The Kier molecular flexibility index (Phi) is 3.65. The highest BCUT2D eigenvalue weighted by atomic mass is 17.2. The van der Waals surface area contributed by atoms with Gasteiger partial charge in [0.2, 0.25) is 11.8 Å². The number of carbonyl (C=O) groups is 2. The van der Waals surface area contributed by atoms with Crippen LogP contribution in [0.25, 0.3) is 0 Å². The van der Waals surface area contributed by atoms with Gasteiger partial charge in [-0.25, -0.2) is 9.78 Å². The molecule has 1 aliphatic rings. The fourth-order valence-electron chi connectivity index (χ4n) is 0.868. The van der Waals surface area contributed by atoms with Gasteiger partial charge in [-0.15, -0.1) is 0 Å². The van der Waals surface area contributed by atoms with Crippen LogP contribution in [-0.4, -0.2) is 25.0 Å². The van der Waals surface area contributed by atoms with Crippen LogP contribution in [-0.2, 0) is 19.4 Å². The molecular weight excluding hydrogens is 200 g/mol. The van der Waals surface area contributed by atoms with E-state index >= 15 is 0 Å². The fraction of sp³-hybridized carbons (Fsp3) is 0.778. The Balaban J connectivity index is 2.30. The first-order valence-electron chi connectivity index (χ1n) is 4.76. The fourth-order valence-corrected chi connectivity index (χ4v) is 0.868. The Labute approximate surface area is 88.2 Å². The van der Waals surface area contributed by atoms with Crippen molar-refractivity contribution in [3.63, 3.8) is 0 Å². The average Bonchev–Trinajstić information content (AvgIpc) is 2.64. The van der Waals surface area contributed by atoms with Crippen LogP contribution in [0, 0.1) is 11.3 Å². The number of hydrazine groups is 1. The third-order valence-electron chi connectivity index (χ3n) is 1.97. The van der Waals surface area contributed by atoms with Crippen LogP contribution >= 0.6 is 0 Å². The predicted molar refractivity (Wildman–Crippen MR) is 51.1 cm³/mol. The number of carbonyl (C=O) groups excluding carboxylic acids is 2. The Morgan fingerprint density at radius 3 is 2.13 bits per heavy atom. The minimum Gasteiger partial charge on any atom is -0.273 e. The standard InChI is InChI=1S/C9H16N2O4/c1-9(2,3)8(13)11-10-7(12)6-4-14-15-5-6/h6H,4-5H2,1-3H3,(H,10,12)(H,11,13). The summed E-state index contributed by atoms with van der Waals surface area (Å²) in [7, 11) is 0. The van der Waals surface area contributed by atoms with E-state index in [1.54, 1.807) is 20.8 Å². The SMILES string of the molecule is CC(C)(C)C(=O)NNC(=O)C1COOC1. The zero-order valence-corrected chi connectivity index (χ0v) is 9.12. The van der Waals surface area contributed by atoms with Gasteiger partial charge in [-0.3, -0.25) is 20.4 Å². The highest BCUT2D eigenvalue weighted by molar-refractivity contribution is 5.85. The van der Waals surface area contributed by atoms with E-state index < -0.39 is 5.41 Å². The van der Waals surface area contributed by atoms with E-state index in [1.165, 1.54) is 0 Å². The van der Waals surface area contributed by atoms with Gasteiger partial charge < -0.3 is 0 Å². The first kappa shape index (κ1) is 11.9. The maximum absolute atomic E-state index is 11.4. The van der Waals surface area contributed by atoms with Crippen molar-refractivity contribution in [2.75, 3.05) is 13.2 Å². The number of rotatable bonds is 1. The van der Waals surface area contributed by atoms with Gasteiger partial charge in [-0.05, 0) is 0 Å². The highest BCUT2D eigenvalue weighted by Crippen LogP contribution is 2.12. The van der Waals surface area contributed by atoms with E-state index in [0.717, 1.165) is 0 Å². The average molecular weight is 216 g/mol. The minimum atomic E-state index is -0.532. The van der Waals surface area contributed by atoms with Crippen molar-refractivity contribution in [1.29, 1.82) is 0 Å². The summed E-state index contributed by atoms with van der Waals surface area (Å²) in [6.45, 7) is 5.72. The zero-order valence-electron chi connectivity index (χ0n) is 9.12. The monoisotopic (exact) mass is 216 g/mol. The summed E-state index contributed by atoms with van der Waals surface area (Å²) in [6, 6.07) is 0. The van der Waals surface area contributed by atoms with Crippen LogP contribution in [0.3, 0.4) is 0 Å². The molecule has 0 atom stereocenters. The zero-order chi connectivity index (χ0) is 11.5. The lowest BCUT2D eigenvalue weighted by molar-refractivity contribution is -0.248. The summed E-state index contributed by atoms with van der Waals surface area (Å²) in [5.41, 5.74) is 4.15. The molecule has 0 aromatic heterocycles. The van der Waals surface area contributed by atoms with Crippen LogP contribution in [0.5, 0.6) is 0 Å². The van der Waals surface area contributed by atoms with E-state index in [4.69, 9.17) is 0 Å². The smallest absolute Gasteiger partial charge is 0.246 e. The third kappa shape index (κ3) is 3.49. The summed E-state index contributed by atoms with van der Waals surface area (Å²) in [4.78, 5) is 31.9. The molecule has 0 saturated carbocycles. The van der Waals surface area contributed by atoms with Gasteiger partial charge in [0.05, 0.1) is 19.1 Å². The molecule has 1 aliphatic heterocycles. The lowest BCUT2D eigenvalue weighted by Gasteiger charge is -2.18. The van der Waals surface area contributed by atoms with Crippen molar-refractivity contribution in [3.8, 4) is 0 Å². The summed E-state index contributed by atoms with van der Waals surface area (Å²) in [5, 5.41) is 0. The van der Waals surface area contributed by atoms with Gasteiger partial charge in [0.15, 0.2) is 0 Å². The quantitative estimate of drug-likeness (QED) is 0.468. The molecule has 0 radical (unpaired) electrons. The summed E-state index contributed by atoms with van der Waals surface area (Å²) < 4.78 is 0. The summed E-state index contributed by atoms with van der Waals surface area (Å²) in [6.07, 6.45) is 0. The van der Waals surface area contributed by atoms with Crippen molar-refractivity contribution in [2.24, 2.45) is 11.3 Å². The van der Waals surface area contributed by atoms with Crippen LogP contribution < -0.4 is 10.9 Å². The largest absolute Gasteiger partial charge is 0.273 e. The molecule has 0 bridgehead atoms. The van der Waals surface area contributed by atoms with Crippen molar-refractivity contribution < 1.29 is 19.4 Å². The normalized spacial score (nSPS) is 17.5. The molecule has 6 nitrogen and oxygen atoms in total. The Bertz CT molecular complexity index is 253. The Morgan fingerprint density at radius 1 is 1.13 bits per heavy atom. The summed E-state index contributed by atoms with van der Waals surface area (Å²) >= 11 is 0. The van der Waals surface area contributed by atoms with Gasteiger partial charge in [0.1, 0.15) is 0 Å². The molecule has 2 N–H and O–H groups in total. The van der Waals surface area contributed by atoms with E-state index in [0.29, 0.717) is 0 Å². The molecule has 0 spiro atoms. The van der Waals surface area contributed by atoms with E-state index in [-0.39, 0.29) is 30.9 Å². The third-order valence-corrected chi connectivity index (χ3v) is 1.97. The van der Waals surface area contributed by atoms with Crippen LogP contribution in [0.2, 0.25) is 0 Å². The van der Waals surface area contributed by atoms with E-state index in [2.05, 4.69) is 20.6 Å². The van der Waals surface area contributed by atoms with Crippen molar-refractivity contribution in [1.82, 2.24) is 10.9 Å². The first-order chi connectivity index (χ1) is 6.91. The first-order valence-corrected chi connectivity index (χ1v) is 4.76. The van der Waals surface area contributed by atoms with Gasteiger partial charge >= 0.3 is 0 Å². The topological polar surface area (TPSA) is 76.7 Å². The van der Waals surface area contributed by atoms with E-state index in [9.17, 15) is 9.59 Å². The minimum absolute atomic E-state index is 0.219. The Hall–Kier alpha value is -1.14. The van der Waals surface area contributed by atoms with Crippen molar-refractivity contribution in [3.05, 3.63) is 0 Å². The molecule has 86 valence electrons. The lowest BCUT2D eigenvalue weighted by atomic mass is 9.96. The van der Waals surface area contributed by atoms with Crippen molar-refractivity contribution in [2.45, 2.75) is 20.8 Å². The Morgan fingerprint density at radius 2 is 1.67 bits per heavy atom. The summed E-state index contributed by atoms with van der Waals surface area (Å²) in [5.74, 6) is -0.897. The highest BCUT2D eigenvalue weighted by Gasteiger charge is 2.27. The van der Waals surface area contributed by atoms with Crippen molar-refractivity contribution >= 4 is 11.8 Å². The maximum Gasteiger partial charge on any atom is 0.246 e. The molecule has 15 heavy (non-hydrogen) atoms. The number of nitrogens with one attached hydrogen (secondary N) is 2. The van der Waals surface area contributed by atoms with Gasteiger partial charge in [-0.1, -0.05) is 20.8 Å². The van der Waals surface area contributed by atoms with Gasteiger partial charge in [0.25, 0.3) is 0 Å². The van der Waals surface area contributed by atoms with Crippen LogP contribution in [0.1, 0.15) is 20.8 Å². The van der Waals surface area contributed by atoms with Gasteiger partial charge in [-0.2, -0.15) is 0 Å². The second-order valence-corrected chi connectivity index (χ2v) is 4.46. The molecule has 0 aromatic rings. The lowest BCUT2D eigenvalue weighted by Crippen LogP contribution is -2.49. The molecule has 1 rings (SSSR count). The molecule has 2 amide bonds. The van der Waals surface area contributed by atoms with Crippen LogP contribution in [0.15, 0.2) is 0 Å². The molecular formula is C9H16N2O4. The molecule has 6 heteroatoms.